The minimum absolute atomic E-state index is 0.682. The van der Waals surface area contributed by atoms with Crippen molar-refractivity contribution in [2.24, 2.45) is 5.92 Å². The van der Waals surface area contributed by atoms with Crippen molar-refractivity contribution in [3.63, 3.8) is 0 Å². The molecular weight excluding hydrogens is 302 g/mol. The first-order chi connectivity index (χ1) is 12.3. The molecule has 0 heterocycles. The molecule has 134 valence electrons. The fourth-order valence-electron chi connectivity index (χ4n) is 3.85. The average Bonchev–Trinajstić information content (AvgIpc) is 2.66. The van der Waals surface area contributed by atoms with E-state index in [1.165, 1.54) is 81.4 Å². The predicted octanol–water partition coefficient (Wildman–Crippen LogP) is 7.11. The molecule has 1 fully saturated rings. The normalized spacial score (nSPS) is 21.0. The van der Waals surface area contributed by atoms with E-state index in [1.54, 1.807) is 0 Å². The number of hydrogen-bond donors (Lipinski definition) is 0. The highest BCUT2D eigenvalue weighted by Crippen LogP contribution is 2.36. The highest BCUT2D eigenvalue weighted by atomic mass is 14.3. The van der Waals surface area contributed by atoms with Gasteiger partial charge in [0.25, 0.3) is 0 Å². The lowest BCUT2D eigenvalue weighted by molar-refractivity contribution is 0.376. The first-order valence-corrected chi connectivity index (χ1v) is 10.1. The minimum atomic E-state index is 0.682. The van der Waals surface area contributed by atoms with Gasteiger partial charge in [0.05, 0.1) is 6.07 Å². The van der Waals surface area contributed by atoms with Gasteiger partial charge >= 0.3 is 0 Å². The molecule has 0 aliphatic heterocycles. The van der Waals surface area contributed by atoms with Gasteiger partial charge in [0.2, 0.25) is 0 Å². The molecule has 0 radical (unpaired) electrons. The number of unbranched alkanes of at least 4 members (excludes halogenated alkanes) is 4. The molecule has 1 aromatic rings. The molecule has 1 heteroatoms. The molecule has 0 N–H and O–H groups in total. The molecule has 1 aliphatic carbocycles. The van der Waals surface area contributed by atoms with Gasteiger partial charge < -0.3 is 0 Å². The Bertz CT molecular complexity index is 565. The van der Waals surface area contributed by atoms with Gasteiger partial charge in [0, 0.05) is 6.08 Å². The van der Waals surface area contributed by atoms with Crippen molar-refractivity contribution in [1.82, 2.24) is 0 Å². The second kappa shape index (κ2) is 11.7. The molecule has 1 aliphatic rings. The third-order valence-electron chi connectivity index (χ3n) is 5.46. The topological polar surface area (TPSA) is 23.8 Å². The van der Waals surface area contributed by atoms with Gasteiger partial charge in [-0.15, -0.1) is 0 Å². The van der Waals surface area contributed by atoms with E-state index < -0.39 is 0 Å². The number of aryl methyl sites for hydroxylation is 1. The van der Waals surface area contributed by atoms with Crippen LogP contribution in [0.3, 0.4) is 0 Å². The van der Waals surface area contributed by atoms with Crippen LogP contribution in [0.25, 0.3) is 0 Å². The number of rotatable bonds is 9. The van der Waals surface area contributed by atoms with Crippen LogP contribution in [0, 0.1) is 17.2 Å². The Labute approximate surface area is 154 Å². The zero-order valence-corrected chi connectivity index (χ0v) is 15.8. The Balaban J connectivity index is 1.73. The first kappa shape index (κ1) is 19.5. The summed E-state index contributed by atoms with van der Waals surface area (Å²) >= 11 is 0. The van der Waals surface area contributed by atoms with Gasteiger partial charge in [-0.2, -0.15) is 5.26 Å². The highest BCUT2D eigenvalue weighted by Gasteiger charge is 2.20. The lowest BCUT2D eigenvalue weighted by Crippen LogP contribution is -2.11. The fraction of sp³-hybridized carbons (Fsp3) is 0.542. The van der Waals surface area contributed by atoms with E-state index in [9.17, 15) is 0 Å². The van der Waals surface area contributed by atoms with Crippen LogP contribution in [-0.4, -0.2) is 0 Å². The minimum Gasteiger partial charge on any atom is -0.193 e. The Kier molecular flexibility index (Phi) is 9.13. The number of hydrogen-bond acceptors (Lipinski definition) is 1. The van der Waals surface area contributed by atoms with Crippen molar-refractivity contribution >= 4 is 0 Å². The summed E-state index contributed by atoms with van der Waals surface area (Å²) in [6, 6.07) is 11.5. The van der Waals surface area contributed by atoms with Crippen molar-refractivity contribution in [3.05, 3.63) is 59.7 Å². The molecule has 25 heavy (non-hydrogen) atoms. The average molecular weight is 336 g/mol. The van der Waals surface area contributed by atoms with Crippen LogP contribution in [-0.2, 0) is 6.42 Å². The van der Waals surface area contributed by atoms with Crippen LogP contribution in [0.15, 0.2) is 48.6 Å². The summed E-state index contributed by atoms with van der Waals surface area (Å²) in [6.07, 6.45) is 20.8. The molecule has 1 aromatic carbocycles. The van der Waals surface area contributed by atoms with Crippen molar-refractivity contribution in [2.75, 3.05) is 0 Å². The highest BCUT2D eigenvalue weighted by molar-refractivity contribution is 5.26. The Morgan fingerprint density at radius 2 is 1.68 bits per heavy atom. The summed E-state index contributed by atoms with van der Waals surface area (Å²) in [5.41, 5.74) is 3.03. The van der Waals surface area contributed by atoms with E-state index in [0.717, 1.165) is 5.92 Å². The Morgan fingerprint density at radius 3 is 2.36 bits per heavy atom. The zero-order chi connectivity index (χ0) is 17.7. The van der Waals surface area contributed by atoms with Gasteiger partial charge in [-0.1, -0.05) is 75.1 Å². The third-order valence-corrected chi connectivity index (χ3v) is 5.46. The van der Waals surface area contributed by atoms with Gasteiger partial charge in [0.1, 0.15) is 0 Å². The number of nitriles is 1. The molecule has 1 saturated carbocycles. The number of nitrogens with zero attached hydrogens (tertiary/aromatic N) is 1. The third kappa shape index (κ3) is 7.30. The first-order valence-electron chi connectivity index (χ1n) is 10.1. The van der Waals surface area contributed by atoms with Gasteiger partial charge in [-0.25, -0.2) is 0 Å². The van der Waals surface area contributed by atoms with Crippen LogP contribution in [0.1, 0.15) is 81.8 Å². The maximum absolute atomic E-state index is 8.49. The van der Waals surface area contributed by atoms with Gasteiger partial charge in [-0.05, 0) is 61.5 Å². The molecule has 0 spiro atoms. The van der Waals surface area contributed by atoms with Crippen LogP contribution < -0.4 is 0 Å². The summed E-state index contributed by atoms with van der Waals surface area (Å²) in [7, 11) is 0. The zero-order valence-electron chi connectivity index (χ0n) is 15.8. The summed E-state index contributed by atoms with van der Waals surface area (Å²) in [5, 5.41) is 8.49. The van der Waals surface area contributed by atoms with Crippen LogP contribution >= 0.6 is 0 Å². The van der Waals surface area contributed by atoms with Crippen LogP contribution in [0.2, 0.25) is 0 Å². The van der Waals surface area contributed by atoms with Gasteiger partial charge in [0.15, 0.2) is 0 Å². The molecule has 0 bridgehead atoms. The predicted molar refractivity (Wildman–Crippen MR) is 107 cm³/mol. The van der Waals surface area contributed by atoms with Crippen LogP contribution in [0.5, 0.6) is 0 Å². The SMILES string of the molecule is CCCCCCCc1ccc([C@H]2CC[C@H](C=CC=CC#N)CC2)cc1. The van der Waals surface area contributed by atoms with E-state index in [4.69, 9.17) is 5.26 Å². The second-order valence-electron chi connectivity index (χ2n) is 7.39. The summed E-state index contributed by atoms with van der Waals surface area (Å²) in [4.78, 5) is 0. The number of allylic oxidation sites excluding steroid dienone is 4. The van der Waals surface area contributed by atoms with Crippen molar-refractivity contribution < 1.29 is 0 Å². The summed E-state index contributed by atoms with van der Waals surface area (Å²) in [5.74, 6) is 1.42. The van der Waals surface area contributed by atoms with E-state index in [2.05, 4.69) is 37.3 Å². The van der Waals surface area contributed by atoms with Crippen LogP contribution in [0.4, 0.5) is 0 Å². The Hall–Kier alpha value is -1.81. The van der Waals surface area contributed by atoms with E-state index >= 15 is 0 Å². The molecule has 0 saturated heterocycles. The van der Waals surface area contributed by atoms with E-state index in [0.29, 0.717) is 5.92 Å². The molecule has 1 nitrogen and oxygen atoms in total. The quantitative estimate of drug-likeness (QED) is 0.268. The maximum atomic E-state index is 8.49. The molecule has 0 amide bonds. The standard InChI is InChI=1S/C24H33N/c1-2-3-4-5-7-10-21-12-16-23(17-13-21)24-18-14-22(15-19-24)11-8-6-9-20-25/h6,8-9,11-13,16-17,22,24H,2-5,7,10,14-15,18-19H2,1H3/t22-,24-. The van der Waals surface area contributed by atoms with E-state index in [1.807, 2.05) is 18.2 Å². The summed E-state index contributed by atoms with van der Waals surface area (Å²) < 4.78 is 0. The van der Waals surface area contributed by atoms with Crippen molar-refractivity contribution in [2.45, 2.75) is 77.0 Å². The molecular formula is C24H33N. The van der Waals surface area contributed by atoms with Gasteiger partial charge in [-0.3, -0.25) is 0 Å². The molecule has 0 unspecified atom stereocenters. The smallest absolute Gasteiger partial charge is 0.0912 e. The number of benzene rings is 1. The second-order valence-corrected chi connectivity index (χ2v) is 7.39. The monoisotopic (exact) mass is 335 g/mol. The molecule has 0 atom stereocenters. The molecule has 2 rings (SSSR count). The lowest BCUT2D eigenvalue weighted by atomic mass is 9.78. The largest absolute Gasteiger partial charge is 0.193 e. The fourth-order valence-corrected chi connectivity index (χ4v) is 3.85. The Morgan fingerprint density at radius 1 is 0.960 bits per heavy atom. The van der Waals surface area contributed by atoms with E-state index in [-0.39, 0.29) is 0 Å². The lowest BCUT2D eigenvalue weighted by Gasteiger charge is -2.27. The van der Waals surface area contributed by atoms with Crippen molar-refractivity contribution in [3.8, 4) is 6.07 Å². The van der Waals surface area contributed by atoms with Crippen molar-refractivity contribution in [1.29, 1.82) is 5.26 Å². The maximum Gasteiger partial charge on any atom is 0.0912 e. The summed E-state index contributed by atoms with van der Waals surface area (Å²) in [6.45, 7) is 2.27. The molecule has 0 aromatic heterocycles.